The number of carbonyl (C=O) groups excluding carboxylic acids is 2. The molecule has 0 fully saturated rings. The molecule has 0 saturated carbocycles. The molecular weight excluding hydrogens is 885 g/mol. The standard InChI is InChI=1S/C67H116O5/c1-3-5-7-9-11-13-15-17-19-21-23-24-25-26-27-28-29-30-31-32-33-34-35-36-37-38-39-40-41-42-44-45-47-49-51-53-55-57-59-61-66(69)71-64-65(63-68)72-67(70)62-60-58-56-54-52-50-48-46-43-22-20-18-16-14-12-10-8-6-4-2/h6,8,12,14-15,17-18,20-21,23,25-26,43,46,50,52,65,68H,3-5,7,9-11,13,16,19,22,24,27-42,44-45,47-49,51,53-64H2,1-2H3/b8-6-,14-12-,17-15-,20-18-,23-21-,26-25-,46-43-,52-50-. The summed E-state index contributed by atoms with van der Waals surface area (Å²) in [5.41, 5.74) is 0. The highest BCUT2D eigenvalue weighted by molar-refractivity contribution is 5.70. The van der Waals surface area contributed by atoms with Gasteiger partial charge in [-0.2, -0.15) is 0 Å². The van der Waals surface area contributed by atoms with Crippen molar-refractivity contribution >= 4 is 11.9 Å². The summed E-state index contributed by atoms with van der Waals surface area (Å²) < 4.78 is 10.7. The minimum atomic E-state index is -0.794. The van der Waals surface area contributed by atoms with Crippen molar-refractivity contribution in [2.24, 2.45) is 0 Å². The van der Waals surface area contributed by atoms with E-state index in [2.05, 4.69) is 111 Å². The second-order valence-electron chi connectivity index (χ2n) is 20.4. The van der Waals surface area contributed by atoms with Crippen LogP contribution in [0.25, 0.3) is 0 Å². The molecule has 0 aromatic heterocycles. The molecule has 1 atom stereocenters. The average Bonchev–Trinajstić information content (AvgIpc) is 3.38. The number of allylic oxidation sites excluding steroid dienone is 16. The highest BCUT2D eigenvalue weighted by atomic mass is 16.6. The molecule has 414 valence electrons. The highest BCUT2D eigenvalue weighted by Gasteiger charge is 2.16. The predicted molar refractivity (Wildman–Crippen MR) is 316 cm³/mol. The van der Waals surface area contributed by atoms with Crippen LogP contribution in [0.3, 0.4) is 0 Å². The monoisotopic (exact) mass is 1000 g/mol. The van der Waals surface area contributed by atoms with Gasteiger partial charge in [-0.15, -0.1) is 0 Å². The molecule has 0 radical (unpaired) electrons. The fourth-order valence-electron chi connectivity index (χ4n) is 8.77. The minimum Gasteiger partial charge on any atom is -0.462 e. The van der Waals surface area contributed by atoms with Gasteiger partial charge in [0.2, 0.25) is 0 Å². The lowest BCUT2D eigenvalue weighted by Gasteiger charge is -2.15. The molecule has 1 unspecified atom stereocenters. The Bertz CT molecular complexity index is 1360. The van der Waals surface area contributed by atoms with E-state index in [1.807, 2.05) is 0 Å². The number of hydrogen-bond acceptors (Lipinski definition) is 5. The molecule has 0 aliphatic carbocycles. The molecule has 0 saturated heterocycles. The van der Waals surface area contributed by atoms with E-state index in [0.29, 0.717) is 12.8 Å². The molecule has 0 aliphatic heterocycles. The first-order chi connectivity index (χ1) is 35.6. The summed E-state index contributed by atoms with van der Waals surface area (Å²) in [7, 11) is 0. The molecule has 1 N–H and O–H groups in total. The SMILES string of the molecule is CC/C=C\C/C=C\C/C=C\C/C=C\C/C=C\CCCCCC(=O)OC(CO)COC(=O)CCCCCCCCCCCCCCCCCCCCCCCCCC/C=C\C/C=C\C/C=C\CCCCCCC. The van der Waals surface area contributed by atoms with E-state index < -0.39 is 6.10 Å². The van der Waals surface area contributed by atoms with Crippen molar-refractivity contribution in [3.63, 3.8) is 0 Å². The van der Waals surface area contributed by atoms with Crippen LogP contribution in [0.4, 0.5) is 0 Å². The molecule has 0 aromatic rings. The fourth-order valence-corrected chi connectivity index (χ4v) is 8.77. The van der Waals surface area contributed by atoms with E-state index in [-0.39, 0.29) is 25.2 Å². The van der Waals surface area contributed by atoms with Crippen LogP contribution in [0.5, 0.6) is 0 Å². The summed E-state index contributed by atoms with van der Waals surface area (Å²) in [4.78, 5) is 24.5. The highest BCUT2D eigenvalue weighted by Crippen LogP contribution is 2.17. The zero-order chi connectivity index (χ0) is 52.0. The topological polar surface area (TPSA) is 72.8 Å². The Morgan fingerprint density at radius 2 is 0.597 bits per heavy atom. The van der Waals surface area contributed by atoms with Gasteiger partial charge in [0.1, 0.15) is 6.61 Å². The van der Waals surface area contributed by atoms with Gasteiger partial charge in [-0.1, -0.05) is 284 Å². The number of esters is 2. The Morgan fingerprint density at radius 3 is 0.917 bits per heavy atom. The molecular formula is C67H116O5. The van der Waals surface area contributed by atoms with Crippen molar-refractivity contribution in [3.05, 3.63) is 97.2 Å². The third-order valence-electron chi connectivity index (χ3n) is 13.4. The van der Waals surface area contributed by atoms with Crippen LogP contribution < -0.4 is 0 Å². The fraction of sp³-hybridized carbons (Fsp3) is 0.731. The van der Waals surface area contributed by atoms with Crippen molar-refractivity contribution < 1.29 is 24.2 Å². The van der Waals surface area contributed by atoms with Gasteiger partial charge in [0, 0.05) is 12.8 Å². The first kappa shape index (κ1) is 68.8. The van der Waals surface area contributed by atoms with Gasteiger partial charge in [-0.3, -0.25) is 9.59 Å². The normalized spacial score (nSPS) is 12.9. The smallest absolute Gasteiger partial charge is 0.306 e. The Morgan fingerprint density at radius 1 is 0.333 bits per heavy atom. The van der Waals surface area contributed by atoms with Crippen molar-refractivity contribution in [2.45, 2.75) is 302 Å². The Kier molecular flexibility index (Phi) is 59.4. The van der Waals surface area contributed by atoms with Crippen LogP contribution in [0.2, 0.25) is 0 Å². The van der Waals surface area contributed by atoms with Crippen LogP contribution >= 0.6 is 0 Å². The first-order valence-electron chi connectivity index (χ1n) is 30.8. The van der Waals surface area contributed by atoms with Gasteiger partial charge in [0.25, 0.3) is 0 Å². The van der Waals surface area contributed by atoms with Gasteiger partial charge >= 0.3 is 11.9 Å². The zero-order valence-corrected chi connectivity index (χ0v) is 47.4. The van der Waals surface area contributed by atoms with Crippen molar-refractivity contribution in [3.8, 4) is 0 Å². The number of carbonyl (C=O) groups is 2. The summed E-state index contributed by atoms with van der Waals surface area (Å²) >= 11 is 0. The number of ether oxygens (including phenoxy) is 2. The van der Waals surface area contributed by atoms with Crippen LogP contribution in [0, 0.1) is 0 Å². The van der Waals surface area contributed by atoms with E-state index >= 15 is 0 Å². The molecule has 0 amide bonds. The van der Waals surface area contributed by atoms with Gasteiger partial charge in [0.15, 0.2) is 6.10 Å². The third-order valence-corrected chi connectivity index (χ3v) is 13.4. The quantitative estimate of drug-likeness (QED) is 0.0373. The van der Waals surface area contributed by atoms with Gasteiger partial charge < -0.3 is 14.6 Å². The van der Waals surface area contributed by atoms with E-state index in [1.54, 1.807) is 0 Å². The maximum absolute atomic E-state index is 12.3. The average molecular weight is 1000 g/mol. The van der Waals surface area contributed by atoms with Gasteiger partial charge in [-0.25, -0.2) is 0 Å². The minimum absolute atomic E-state index is 0.0812. The molecule has 0 rings (SSSR count). The van der Waals surface area contributed by atoms with Crippen LogP contribution in [-0.4, -0.2) is 36.4 Å². The van der Waals surface area contributed by atoms with E-state index in [9.17, 15) is 14.7 Å². The van der Waals surface area contributed by atoms with Crippen LogP contribution in [0.15, 0.2) is 97.2 Å². The Hall–Kier alpha value is -3.18. The maximum Gasteiger partial charge on any atom is 0.306 e. The molecule has 0 heterocycles. The van der Waals surface area contributed by atoms with E-state index in [4.69, 9.17) is 9.47 Å². The maximum atomic E-state index is 12.3. The van der Waals surface area contributed by atoms with Crippen LogP contribution in [-0.2, 0) is 19.1 Å². The van der Waals surface area contributed by atoms with Gasteiger partial charge in [-0.05, 0) is 96.3 Å². The van der Waals surface area contributed by atoms with Gasteiger partial charge in [0.05, 0.1) is 6.61 Å². The lowest BCUT2D eigenvalue weighted by Crippen LogP contribution is -2.28. The molecule has 0 aromatic carbocycles. The lowest BCUT2D eigenvalue weighted by atomic mass is 10.0. The van der Waals surface area contributed by atoms with Crippen molar-refractivity contribution in [2.75, 3.05) is 13.2 Å². The molecule has 0 bridgehead atoms. The molecule has 5 nitrogen and oxygen atoms in total. The van der Waals surface area contributed by atoms with Crippen molar-refractivity contribution in [1.82, 2.24) is 0 Å². The third kappa shape index (κ3) is 59.4. The molecule has 0 spiro atoms. The number of aliphatic hydroxyl groups is 1. The molecule has 5 heteroatoms. The molecule has 0 aliphatic rings. The predicted octanol–water partition coefficient (Wildman–Crippen LogP) is 21.1. The number of aliphatic hydroxyl groups excluding tert-OH is 1. The van der Waals surface area contributed by atoms with E-state index in [0.717, 1.165) is 89.9 Å². The summed E-state index contributed by atoms with van der Waals surface area (Å²) in [5.74, 6) is -0.623. The summed E-state index contributed by atoms with van der Waals surface area (Å²) in [5, 5.41) is 9.65. The second-order valence-corrected chi connectivity index (χ2v) is 20.4. The molecule has 72 heavy (non-hydrogen) atoms. The Labute approximate surface area is 447 Å². The van der Waals surface area contributed by atoms with Crippen molar-refractivity contribution in [1.29, 1.82) is 0 Å². The number of rotatable bonds is 56. The lowest BCUT2D eigenvalue weighted by molar-refractivity contribution is -0.161. The number of unbranched alkanes of at least 4 members (excludes halogenated alkanes) is 32. The van der Waals surface area contributed by atoms with E-state index in [1.165, 1.54) is 180 Å². The largest absolute Gasteiger partial charge is 0.462 e. The second kappa shape index (κ2) is 62.1. The first-order valence-corrected chi connectivity index (χ1v) is 30.8. The number of hydrogen-bond donors (Lipinski definition) is 1. The summed E-state index contributed by atoms with van der Waals surface area (Å²) in [6.07, 6.45) is 88.4. The van der Waals surface area contributed by atoms with Crippen LogP contribution in [0.1, 0.15) is 296 Å². The summed E-state index contributed by atoms with van der Waals surface area (Å²) in [6, 6.07) is 0. The zero-order valence-electron chi connectivity index (χ0n) is 47.4. The summed E-state index contributed by atoms with van der Waals surface area (Å²) in [6.45, 7) is 4.00. The Balaban J connectivity index is 3.45.